The minimum atomic E-state index is -4.40. The van der Waals surface area contributed by atoms with Gasteiger partial charge in [0.2, 0.25) is 10.0 Å². The molecule has 0 aliphatic carbocycles. The lowest BCUT2D eigenvalue weighted by Gasteiger charge is -2.28. The summed E-state index contributed by atoms with van der Waals surface area (Å²) in [4.78, 5) is 30.8. The largest absolute Gasteiger partial charge is 0.445 e. The third kappa shape index (κ3) is 10.2. The molecule has 2 N–H and O–H groups in total. The number of benzene rings is 2. The van der Waals surface area contributed by atoms with Crippen LogP contribution in [0.5, 0.6) is 0 Å². The second kappa shape index (κ2) is 18.5. The van der Waals surface area contributed by atoms with Gasteiger partial charge in [0.25, 0.3) is 5.91 Å². The summed E-state index contributed by atoms with van der Waals surface area (Å²) in [5, 5.41) is 10.4. The molecule has 0 bridgehead atoms. The third-order valence-corrected chi connectivity index (χ3v) is 10.3. The van der Waals surface area contributed by atoms with E-state index in [1.807, 2.05) is 33.3 Å². The molecule has 15 nitrogen and oxygen atoms in total. The van der Waals surface area contributed by atoms with Crippen molar-refractivity contribution >= 4 is 39.2 Å². The quantitative estimate of drug-likeness (QED) is 0.183. The Morgan fingerprint density at radius 2 is 1.67 bits per heavy atom. The Morgan fingerprint density at radius 1 is 0.981 bits per heavy atom. The smallest absolute Gasteiger partial charge is 0.435 e. The van der Waals surface area contributed by atoms with Gasteiger partial charge in [0.15, 0.2) is 5.82 Å². The van der Waals surface area contributed by atoms with E-state index in [1.54, 1.807) is 13.2 Å². The van der Waals surface area contributed by atoms with Gasteiger partial charge in [0.1, 0.15) is 18.2 Å². The Bertz CT molecular complexity index is 1790. The first-order chi connectivity index (χ1) is 24.8. The number of nitrogens with one attached hydrogen (secondary N) is 2. The van der Waals surface area contributed by atoms with E-state index in [9.17, 15) is 26.8 Å². The van der Waals surface area contributed by atoms with E-state index in [1.165, 1.54) is 7.11 Å². The fourth-order valence-corrected chi connectivity index (χ4v) is 6.86. The van der Waals surface area contributed by atoms with Crippen LogP contribution >= 0.6 is 0 Å². The van der Waals surface area contributed by atoms with E-state index >= 15 is 0 Å². The predicted octanol–water partition coefficient (Wildman–Crippen LogP) is 3.25. The summed E-state index contributed by atoms with van der Waals surface area (Å²) in [5.41, 5.74) is 2.15. The molecule has 0 saturated heterocycles. The monoisotopic (exact) mass is 751 g/mol. The summed E-state index contributed by atoms with van der Waals surface area (Å²) in [5.74, 6) is -2.77. The van der Waals surface area contributed by atoms with Gasteiger partial charge in [-0.15, -0.1) is 5.10 Å². The number of amides is 1. The molecule has 3 aromatic rings. The highest BCUT2D eigenvalue weighted by Gasteiger charge is 2.35. The number of carbonyl (C=O) groups is 2. The topological polar surface area (TPSA) is 157 Å². The fraction of sp³-hybridized carbons (Fsp3) is 0.500. The van der Waals surface area contributed by atoms with Gasteiger partial charge in [0.05, 0.1) is 42.6 Å². The number of likely N-dealkylation sites (N-methyl/N-ethyl adjacent to an activating group) is 2. The van der Waals surface area contributed by atoms with Crippen molar-refractivity contribution < 1.29 is 45.7 Å². The maximum Gasteiger partial charge on any atom is 0.435 e. The number of rotatable bonds is 18. The van der Waals surface area contributed by atoms with Gasteiger partial charge in [-0.25, -0.2) is 22.0 Å². The van der Waals surface area contributed by atoms with Crippen LogP contribution in [-0.2, 0) is 41.9 Å². The maximum atomic E-state index is 14.0. The molecule has 0 spiro atoms. The molecule has 1 aliphatic rings. The van der Waals surface area contributed by atoms with Crippen LogP contribution in [0.25, 0.3) is 0 Å². The standard InChI is InChI=1S/C34H47F2N7O8S/c1-23(40(2)3)21-41(4)26-7-8-28(30(20-26)37-10-12-48-5)33(44)38-32-29-22-42(52(46,47)27-18-24(35)17-25(36)19-27)11-9-31(29)43(39-32)34(45)51-16-15-50-14-13-49-6/h7-8,17-20,23,37H,9-16,21-22H2,1-6H3,(H,38,39,44). The lowest BCUT2D eigenvalue weighted by Crippen LogP contribution is -2.37. The second-order valence-corrected chi connectivity index (χ2v) is 14.3. The molecule has 0 saturated carbocycles. The molecule has 18 heteroatoms. The molecule has 52 heavy (non-hydrogen) atoms. The first kappa shape index (κ1) is 40.6. The third-order valence-electron chi connectivity index (χ3n) is 8.52. The van der Waals surface area contributed by atoms with Crippen LogP contribution in [0.1, 0.15) is 28.5 Å². The molecule has 1 amide bonds. The maximum absolute atomic E-state index is 14.0. The van der Waals surface area contributed by atoms with Crippen LogP contribution in [-0.4, -0.2) is 133 Å². The minimum absolute atomic E-state index is 0.0229. The SMILES string of the molecule is COCCNc1cc(N(C)CC(C)N(C)C)ccc1C(=O)Nc1nn(C(=O)OCCOCCOC)c2c1CN(S(=O)(=O)c1cc(F)cc(F)c1)CC2. The highest BCUT2D eigenvalue weighted by Crippen LogP contribution is 2.32. The molecule has 0 fully saturated rings. The van der Waals surface area contributed by atoms with Crippen LogP contribution in [0.2, 0.25) is 0 Å². The minimum Gasteiger partial charge on any atom is -0.445 e. The van der Waals surface area contributed by atoms with E-state index < -0.39 is 38.6 Å². The van der Waals surface area contributed by atoms with Crippen molar-refractivity contribution in [2.24, 2.45) is 0 Å². The normalized spacial score (nSPS) is 13.9. The van der Waals surface area contributed by atoms with Crippen molar-refractivity contribution in [3.63, 3.8) is 0 Å². The number of halogens is 2. The molecular weight excluding hydrogens is 704 g/mol. The van der Waals surface area contributed by atoms with Crippen LogP contribution in [0.4, 0.5) is 30.8 Å². The number of carbonyl (C=O) groups excluding carboxylic acids is 2. The number of nitrogens with zero attached hydrogens (tertiary/aromatic N) is 5. The van der Waals surface area contributed by atoms with E-state index in [0.717, 1.165) is 33.4 Å². The van der Waals surface area contributed by atoms with Crippen molar-refractivity contribution in [1.82, 2.24) is 19.0 Å². The zero-order valence-electron chi connectivity index (χ0n) is 30.3. The fourth-order valence-electron chi connectivity index (χ4n) is 5.41. The van der Waals surface area contributed by atoms with Gasteiger partial charge in [-0.2, -0.15) is 8.99 Å². The molecule has 286 valence electrons. The zero-order valence-corrected chi connectivity index (χ0v) is 31.1. The van der Waals surface area contributed by atoms with Crippen molar-refractivity contribution in [3.8, 4) is 0 Å². The zero-order chi connectivity index (χ0) is 38.0. The van der Waals surface area contributed by atoms with E-state index in [0.29, 0.717) is 43.8 Å². The molecule has 1 aliphatic heterocycles. The summed E-state index contributed by atoms with van der Waals surface area (Å²) in [6.45, 7) is 3.75. The van der Waals surface area contributed by atoms with E-state index in [4.69, 9.17) is 18.9 Å². The second-order valence-electron chi connectivity index (χ2n) is 12.4. The summed E-state index contributed by atoms with van der Waals surface area (Å²) in [6.07, 6.45) is -0.887. The van der Waals surface area contributed by atoms with Crippen LogP contribution in [0.3, 0.4) is 0 Å². The molecule has 2 heterocycles. The van der Waals surface area contributed by atoms with Gasteiger partial charge in [0, 0.05) is 82.9 Å². The average Bonchev–Trinajstić information content (AvgIpc) is 3.46. The molecule has 1 aromatic heterocycles. The van der Waals surface area contributed by atoms with Gasteiger partial charge in [-0.1, -0.05) is 0 Å². The first-order valence-corrected chi connectivity index (χ1v) is 18.1. The van der Waals surface area contributed by atoms with Crippen LogP contribution in [0.15, 0.2) is 41.3 Å². The summed E-state index contributed by atoms with van der Waals surface area (Å²) in [6, 6.07) is 7.60. The van der Waals surface area contributed by atoms with E-state index in [-0.39, 0.29) is 55.7 Å². The number of hydrogen-bond acceptors (Lipinski definition) is 12. The van der Waals surface area contributed by atoms with Gasteiger partial charge in [-0.3, -0.25) is 4.79 Å². The lowest BCUT2D eigenvalue weighted by molar-refractivity contribution is 0.0417. The molecule has 0 radical (unpaired) electrons. The molecular formula is C34H47F2N7O8S. The Balaban J connectivity index is 1.66. The Morgan fingerprint density at radius 3 is 2.35 bits per heavy atom. The number of ether oxygens (including phenoxy) is 4. The number of methoxy groups -OCH3 is 2. The first-order valence-electron chi connectivity index (χ1n) is 16.6. The highest BCUT2D eigenvalue weighted by atomic mass is 32.2. The molecule has 1 atom stereocenters. The lowest BCUT2D eigenvalue weighted by atomic mass is 10.1. The van der Waals surface area contributed by atoms with Crippen molar-refractivity contribution in [2.45, 2.75) is 30.8 Å². The Labute approximate surface area is 302 Å². The molecule has 4 rings (SSSR count). The Kier molecular flexibility index (Phi) is 14.5. The van der Waals surface area contributed by atoms with Gasteiger partial charge in [-0.05, 0) is 51.4 Å². The number of aromatic nitrogens is 2. The summed E-state index contributed by atoms with van der Waals surface area (Å²) >= 11 is 0. The van der Waals surface area contributed by atoms with Crippen molar-refractivity contribution in [3.05, 3.63) is 64.9 Å². The number of anilines is 3. The van der Waals surface area contributed by atoms with Crippen LogP contribution in [0, 0.1) is 11.6 Å². The molecule has 1 unspecified atom stereocenters. The van der Waals surface area contributed by atoms with Crippen molar-refractivity contribution in [1.29, 1.82) is 0 Å². The van der Waals surface area contributed by atoms with E-state index in [2.05, 4.69) is 32.5 Å². The van der Waals surface area contributed by atoms with Gasteiger partial charge >= 0.3 is 6.09 Å². The number of fused-ring (bicyclic) bond motifs is 1. The number of sulfonamides is 1. The summed E-state index contributed by atoms with van der Waals surface area (Å²) < 4.78 is 78.0. The molecule has 2 aromatic carbocycles. The highest BCUT2D eigenvalue weighted by molar-refractivity contribution is 7.89. The van der Waals surface area contributed by atoms with Crippen molar-refractivity contribution in [2.75, 3.05) is 104 Å². The summed E-state index contributed by atoms with van der Waals surface area (Å²) in [7, 11) is 4.65. The average molecular weight is 752 g/mol. The van der Waals surface area contributed by atoms with Gasteiger partial charge < -0.3 is 39.4 Å². The van der Waals surface area contributed by atoms with Crippen LogP contribution < -0.4 is 15.5 Å². The predicted molar refractivity (Wildman–Crippen MR) is 191 cm³/mol. The Hall–Kier alpha value is -4.20. The number of hydrogen-bond donors (Lipinski definition) is 2.